The van der Waals surface area contributed by atoms with Crippen molar-refractivity contribution in [1.29, 1.82) is 0 Å². The van der Waals surface area contributed by atoms with E-state index in [0.717, 1.165) is 17.7 Å². The van der Waals surface area contributed by atoms with Gasteiger partial charge in [-0.1, -0.05) is 32.0 Å². The minimum atomic E-state index is -4.30. The van der Waals surface area contributed by atoms with Crippen LogP contribution in [0.25, 0.3) is 11.3 Å². The van der Waals surface area contributed by atoms with Crippen LogP contribution in [-0.4, -0.2) is 4.98 Å². The van der Waals surface area contributed by atoms with E-state index >= 15 is 0 Å². The summed E-state index contributed by atoms with van der Waals surface area (Å²) >= 11 is 0. The summed E-state index contributed by atoms with van der Waals surface area (Å²) < 4.78 is 37.3. The predicted molar refractivity (Wildman–Crippen MR) is 68.8 cm³/mol. The molecule has 19 heavy (non-hydrogen) atoms. The highest BCUT2D eigenvalue weighted by molar-refractivity contribution is 5.59. The van der Waals surface area contributed by atoms with Crippen molar-refractivity contribution >= 4 is 0 Å². The second kappa shape index (κ2) is 5.03. The van der Waals surface area contributed by atoms with Gasteiger partial charge in [0.2, 0.25) is 0 Å². The lowest BCUT2D eigenvalue weighted by Crippen LogP contribution is -2.04. The van der Waals surface area contributed by atoms with Crippen LogP contribution in [-0.2, 0) is 6.18 Å². The van der Waals surface area contributed by atoms with Gasteiger partial charge in [-0.25, -0.2) is 0 Å². The van der Waals surface area contributed by atoms with E-state index in [1.54, 1.807) is 6.20 Å². The number of hydrogen-bond donors (Lipinski definition) is 0. The molecule has 0 saturated carbocycles. The topological polar surface area (TPSA) is 12.9 Å². The molecule has 0 saturated heterocycles. The lowest BCUT2D eigenvalue weighted by molar-refractivity contribution is -0.137. The van der Waals surface area contributed by atoms with Gasteiger partial charge < -0.3 is 0 Å². The maximum atomic E-state index is 12.4. The second-order valence-corrected chi connectivity index (χ2v) is 4.71. The fourth-order valence-corrected chi connectivity index (χ4v) is 1.75. The number of pyridine rings is 1. The van der Waals surface area contributed by atoms with Gasteiger partial charge in [0, 0.05) is 11.8 Å². The van der Waals surface area contributed by atoms with E-state index in [2.05, 4.69) is 18.8 Å². The van der Waals surface area contributed by atoms with Crippen LogP contribution >= 0.6 is 0 Å². The van der Waals surface area contributed by atoms with Gasteiger partial charge in [0.05, 0.1) is 11.3 Å². The molecule has 0 atom stereocenters. The van der Waals surface area contributed by atoms with E-state index in [1.807, 2.05) is 12.1 Å². The van der Waals surface area contributed by atoms with Crippen molar-refractivity contribution in [3.8, 4) is 11.3 Å². The Morgan fingerprint density at radius 2 is 1.58 bits per heavy atom. The third-order valence-corrected chi connectivity index (χ3v) is 2.96. The molecule has 4 heteroatoms. The zero-order valence-corrected chi connectivity index (χ0v) is 10.7. The molecule has 0 unspecified atom stereocenters. The highest BCUT2D eigenvalue weighted by Gasteiger charge is 2.29. The molecule has 1 aromatic heterocycles. The number of rotatable bonds is 2. The van der Waals surface area contributed by atoms with E-state index in [1.165, 1.54) is 12.1 Å². The lowest BCUT2D eigenvalue weighted by atomic mass is 10.0. The van der Waals surface area contributed by atoms with Gasteiger partial charge >= 0.3 is 6.18 Å². The van der Waals surface area contributed by atoms with Crippen molar-refractivity contribution in [3.63, 3.8) is 0 Å². The number of hydrogen-bond acceptors (Lipinski definition) is 1. The molecular weight excluding hydrogens is 251 g/mol. The fourth-order valence-electron chi connectivity index (χ4n) is 1.75. The molecule has 0 amide bonds. The summed E-state index contributed by atoms with van der Waals surface area (Å²) in [6, 6.07) is 8.82. The molecule has 1 aromatic carbocycles. The summed E-state index contributed by atoms with van der Waals surface area (Å²) in [5.41, 5.74) is 1.83. The quantitative estimate of drug-likeness (QED) is 0.753. The Kier molecular flexibility index (Phi) is 3.60. The molecule has 2 aromatic rings. The van der Waals surface area contributed by atoms with E-state index in [0.29, 0.717) is 17.2 Å². The van der Waals surface area contributed by atoms with Crippen LogP contribution in [0.1, 0.15) is 30.9 Å². The van der Waals surface area contributed by atoms with E-state index < -0.39 is 11.7 Å². The maximum absolute atomic E-state index is 12.4. The summed E-state index contributed by atoms with van der Waals surface area (Å²) in [4.78, 5) is 4.28. The highest BCUT2D eigenvalue weighted by atomic mass is 19.4. The smallest absolute Gasteiger partial charge is 0.256 e. The minimum absolute atomic E-state index is 0.383. The van der Waals surface area contributed by atoms with Gasteiger partial charge in [-0.15, -0.1) is 0 Å². The molecule has 1 nitrogen and oxygen atoms in total. The van der Waals surface area contributed by atoms with E-state index in [9.17, 15) is 13.2 Å². The predicted octanol–water partition coefficient (Wildman–Crippen LogP) is 4.89. The summed E-state index contributed by atoms with van der Waals surface area (Å²) in [6.45, 7) is 4.13. The summed E-state index contributed by atoms with van der Waals surface area (Å²) in [5.74, 6) is 0.383. The van der Waals surface area contributed by atoms with Crippen LogP contribution < -0.4 is 0 Å². The summed E-state index contributed by atoms with van der Waals surface area (Å²) in [7, 11) is 0. The molecule has 0 aliphatic carbocycles. The zero-order chi connectivity index (χ0) is 14.0. The average Bonchev–Trinajstić information content (AvgIpc) is 2.38. The molecule has 0 spiro atoms. The largest absolute Gasteiger partial charge is 0.416 e. The Bertz CT molecular complexity index is 539. The zero-order valence-electron chi connectivity index (χ0n) is 10.7. The first-order valence-corrected chi connectivity index (χ1v) is 6.01. The molecular formula is C15H14F3N. The number of nitrogens with zero attached hydrogens (tertiary/aromatic N) is 1. The molecule has 100 valence electrons. The van der Waals surface area contributed by atoms with E-state index in [-0.39, 0.29) is 0 Å². The molecule has 0 aliphatic rings. The molecule has 2 rings (SSSR count). The molecule has 0 radical (unpaired) electrons. The lowest BCUT2D eigenvalue weighted by Gasteiger charge is -2.08. The van der Waals surface area contributed by atoms with Crippen molar-refractivity contribution < 1.29 is 13.2 Å². The van der Waals surface area contributed by atoms with E-state index in [4.69, 9.17) is 0 Å². The van der Waals surface area contributed by atoms with Crippen LogP contribution in [0.15, 0.2) is 42.6 Å². The fraction of sp³-hybridized carbons (Fsp3) is 0.267. The van der Waals surface area contributed by atoms with Gasteiger partial charge in [-0.3, -0.25) is 4.98 Å². The molecule has 1 heterocycles. The van der Waals surface area contributed by atoms with Crippen molar-refractivity contribution in [2.24, 2.45) is 0 Å². The van der Waals surface area contributed by atoms with Crippen LogP contribution in [0.4, 0.5) is 13.2 Å². The van der Waals surface area contributed by atoms with Crippen LogP contribution in [0, 0.1) is 0 Å². The summed E-state index contributed by atoms with van der Waals surface area (Å²) in [6.07, 6.45) is -2.54. The first kappa shape index (κ1) is 13.6. The summed E-state index contributed by atoms with van der Waals surface area (Å²) in [5, 5.41) is 0. The Morgan fingerprint density at radius 1 is 0.947 bits per heavy atom. The van der Waals surface area contributed by atoms with Crippen molar-refractivity contribution in [2.45, 2.75) is 25.9 Å². The number of aromatic nitrogens is 1. The normalized spacial score (nSPS) is 11.9. The molecule has 0 aliphatic heterocycles. The number of alkyl halides is 3. The van der Waals surface area contributed by atoms with Gasteiger partial charge in [0.25, 0.3) is 0 Å². The second-order valence-electron chi connectivity index (χ2n) is 4.71. The van der Waals surface area contributed by atoms with Crippen LogP contribution in [0.3, 0.4) is 0 Å². The number of benzene rings is 1. The third kappa shape index (κ3) is 3.13. The minimum Gasteiger partial charge on any atom is -0.256 e. The monoisotopic (exact) mass is 265 g/mol. The third-order valence-electron chi connectivity index (χ3n) is 2.96. The Balaban J connectivity index is 2.27. The average molecular weight is 265 g/mol. The first-order chi connectivity index (χ1) is 8.88. The molecule has 0 bridgehead atoms. The van der Waals surface area contributed by atoms with Crippen molar-refractivity contribution in [2.75, 3.05) is 0 Å². The first-order valence-electron chi connectivity index (χ1n) is 6.01. The highest BCUT2D eigenvalue weighted by Crippen LogP contribution is 2.30. The van der Waals surface area contributed by atoms with Gasteiger partial charge in [-0.05, 0) is 29.7 Å². The van der Waals surface area contributed by atoms with Crippen molar-refractivity contribution in [3.05, 3.63) is 53.7 Å². The number of halogens is 3. The van der Waals surface area contributed by atoms with Gasteiger partial charge in [-0.2, -0.15) is 13.2 Å². The Labute approximate surface area is 110 Å². The van der Waals surface area contributed by atoms with Gasteiger partial charge in [0.1, 0.15) is 0 Å². The molecule has 0 N–H and O–H groups in total. The Hall–Kier alpha value is -1.84. The van der Waals surface area contributed by atoms with Crippen LogP contribution in [0.2, 0.25) is 0 Å². The standard InChI is InChI=1S/C15H14F3N/c1-10(2)12-5-8-14(19-9-12)11-3-6-13(7-4-11)15(16,17)18/h3-10H,1-2H3. The maximum Gasteiger partial charge on any atom is 0.416 e. The molecule has 0 fully saturated rings. The SMILES string of the molecule is CC(C)c1ccc(-c2ccc(C(F)(F)F)cc2)nc1. The Morgan fingerprint density at radius 3 is 2.00 bits per heavy atom. The van der Waals surface area contributed by atoms with Gasteiger partial charge in [0.15, 0.2) is 0 Å². The van der Waals surface area contributed by atoms with Crippen molar-refractivity contribution in [1.82, 2.24) is 4.98 Å². The van der Waals surface area contributed by atoms with Crippen LogP contribution in [0.5, 0.6) is 0 Å².